The normalized spacial score (nSPS) is 26.3. The average molecular weight is 479 g/mol. The molecule has 8 heteroatoms. The van der Waals surface area contributed by atoms with Crippen molar-refractivity contribution in [3.05, 3.63) is 53.8 Å². The number of fused-ring (bicyclic) bond motifs is 1. The van der Waals surface area contributed by atoms with Gasteiger partial charge in [0.15, 0.2) is 0 Å². The van der Waals surface area contributed by atoms with Gasteiger partial charge in [0.2, 0.25) is 17.7 Å². The second-order valence-corrected chi connectivity index (χ2v) is 9.89. The van der Waals surface area contributed by atoms with Crippen molar-refractivity contribution in [3.63, 3.8) is 0 Å². The van der Waals surface area contributed by atoms with Crippen LogP contribution in [0.2, 0.25) is 0 Å². The zero-order valence-corrected chi connectivity index (χ0v) is 19.7. The summed E-state index contributed by atoms with van der Waals surface area (Å²) >= 11 is 0. The smallest absolute Gasteiger partial charge is 0.316 e. The molecule has 7 nitrogen and oxygen atoms in total. The standard InChI is InChI=1S/C27H27FN2O5/c1-15-3-9-21-22(11-15)26(33)30(25(21)32)23-10-8-20(12-16(23)2)35-27(34)17-13-24(31)29(14-17)19-6-4-18(28)5-7-19/h4-8,10,12,15,17,21-22H,3,9,11,13-14H2,1-2H3/t15-,17-,21-,22-/m1/s1. The third kappa shape index (κ3) is 4.22. The largest absolute Gasteiger partial charge is 0.426 e. The monoisotopic (exact) mass is 478 g/mol. The molecule has 35 heavy (non-hydrogen) atoms. The van der Waals surface area contributed by atoms with Crippen LogP contribution in [-0.4, -0.2) is 30.2 Å². The Labute approximate surface area is 202 Å². The number of ether oxygens (including phenoxy) is 1. The molecule has 2 aromatic carbocycles. The van der Waals surface area contributed by atoms with Crippen LogP contribution in [0.5, 0.6) is 5.75 Å². The summed E-state index contributed by atoms with van der Waals surface area (Å²) in [7, 11) is 0. The molecular formula is C27H27FN2O5. The number of halogens is 1. The van der Waals surface area contributed by atoms with Crippen LogP contribution in [0.25, 0.3) is 0 Å². The van der Waals surface area contributed by atoms with Crippen molar-refractivity contribution in [3.8, 4) is 5.75 Å². The SMILES string of the molecule is Cc1cc(OC(=O)[C@@H]2CC(=O)N(c3ccc(F)cc3)C2)ccc1N1C(=O)[C@@H]2CC[C@@H](C)C[C@H]2C1=O. The number of amides is 3. The summed E-state index contributed by atoms with van der Waals surface area (Å²) in [6, 6.07) is 10.4. The van der Waals surface area contributed by atoms with E-state index in [0.717, 1.165) is 19.3 Å². The number of hydrogen-bond acceptors (Lipinski definition) is 5. The van der Waals surface area contributed by atoms with Gasteiger partial charge in [-0.15, -0.1) is 0 Å². The molecule has 5 rings (SSSR count). The summed E-state index contributed by atoms with van der Waals surface area (Å²) in [6.07, 6.45) is 2.42. The second kappa shape index (κ2) is 8.91. The average Bonchev–Trinajstić information content (AvgIpc) is 3.32. The minimum Gasteiger partial charge on any atom is -0.426 e. The van der Waals surface area contributed by atoms with Crippen LogP contribution < -0.4 is 14.5 Å². The Morgan fingerprint density at radius 2 is 1.71 bits per heavy atom. The lowest BCUT2D eigenvalue weighted by Crippen LogP contribution is -2.31. The highest BCUT2D eigenvalue weighted by atomic mass is 19.1. The topological polar surface area (TPSA) is 84.0 Å². The van der Waals surface area contributed by atoms with Crippen LogP contribution in [0, 0.1) is 36.4 Å². The van der Waals surface area contributed by atoms with E-state index < -0.39 is 17.7 Å². The Bertz CT molecular complexity index is 1210. The van der Waals surface area contributed by atoms with E-state index in [-0.39, 0.29) is 48.3 Å². The maximum Gasteiger partial charge on any atom is 0.316 e. The number of imide groups is 1. The lowest BCUT2D eigenvalue weighted by molar-refractivity contribution is -0.139. The van der Waals surface area contributed by atoms with Gasteiger partial charge in [-0.2, -0.15) is 0 Å². The first kappa shape index (κ1) is 23.2. The first-order valence-corrected chi connectivity index (χ1v) is 12.0. The molecule has 3 aliphatic rings. The predicted molar refractivity (Wildman–Crippen MR) is 126 cm³/mol. The lowest BCUT2D eigenvalue weighted by atomic mass is 9.76. The van der Waals surface area contributed by atoms with E-state index in [2.05, 4.69) is 6.92 Å². The summed E-state index contributed by atoms with van der Waals surface area (Å²) < 4.78 is 18.7. The van der Waals surface area contributed by atoms with Gasteiger partial charge in [0.1, 0.15) is 11.6 Å². The van der Waals surface area contributed by atoms with Gasteiger partial charge in [-0.1, -0.05) is 6.92 Å². The molecule has 2 heterocycles. The van der Waals surface area contributed by atoms with E-state index in [0.29, 0.717) is 22.9 Å². The molecule has 182 valence electrons. The lowest BCUT2D eigenvalue weighted by Gasteiger charge is -2.25. The molecule has 0 spiro atoms. The first-order valence-electron chi connectivity index (χ1n) is 12.0. The van der Waals surface area contributed by atoms with E-state index in [1.165, 1.54) is 34.1 Å². The zero-order valence-electron chi connectivity index (χ0n) is 19.7. The Kier molecular flexibility index (Phi) is 5.91. The minimum absolute atomic E-state index is 0.00521. The van der Waals surface area contributed by atoms with Gasteiger partial charge < -0.3 is 9.64 Å². The zero-order chi connectivity index (χ0) is 24.9. The van der Waals surface area contributed by atoms with E-state index in [1.807, 2.05) is 0 Å². The molecule has 4 atom stereocenters. The molecule has 1 aliphatic carbocycles. The molecule has 2 aliphatic heterocycles. The maximum absolute atomic E-state index is 13.2. The number of carbonyl (C=O) groups excluding carboxylic acids is 4. The number of esters is 1. The molecule has 0 unspecified atom stereocenters. The molecule has 0 bridgehead atoms. The molecule has 0 radical (unpaired) electrons. The highest BCUT2D eigenvalue weighted by Crippen LogP contribution is 2.43. The van der Waals surface area contributed by atoms with Crippen molar-refractivity contribution in [1.29, 1.82) is 0 Å². The number of aryl methyl sites for hydroxylation is 1. The number of nitrogens with zero attached hydrogens (tertiary/aromatic N) is 2. The van der Waals surface area contributed by atoms with Gasteiger partial charge in [-0.05, 0) is 80.1 Å². The van der Waals surface area contributed by atoms with Crippen molar-refractivity contribution in [1.82, 2.24) is 0 Å². The predicted octanol–water partition coefficient (Wildman–Crippen LogP) is 4.02. The molecule has 0 aromatic heterocycles. The first-order chi connectivity index (χ1) is 16.7. The number of benzene rings is 2. The van der Waals surface area contributed by atoms with Crippen molar-refractivity contribution < 1.29 is 28.3 Å². The van der Waals surface area contributed by atoms with Crippen LogP contribution in [0.15, 0.2) is 42.5 Å². The molecular weight excluding hydrogens is 451 g/mol. The summed E-state index contributed by atoms with van der Waals surface area (Å²) in [5.41, 5.74) is 1.70. The van der Waals surface area contributed by atoms with Gasteiger partial charge in [-0.3, -0.25) is 19.2 Å². The fourth-order valence-corrected chi connectivity index (χ4v) is 5.50. The fraction of sp³-hybridized carbons (Fsp3) is 0.407. The van der Waals surface area contributed by atoms with Crippen LogP contribution in [0.1, 0.15) is 38.2 Å². The minimum atomic E-state index is -0.653. The van der Waals surface area contributed by atoms with E-state index >= 15 is 0 Å². The third-order valence-corrected chi connectivity index (χ3v) is 7.41. The summed E-state index contributed by atoms with van der Waals surface area (Å²) in [5.74, 6) is -1.91. The third-order valence-electron chi connectivity index (χ3n) is 7.41. The number of rotatable bonds is 4. The van der Waals surface area contributed by atoms with Crippen molar-refractivity contribution in [2.24, 2.45) is 23.7 Å². The van der Waals surface area contributed by atoms with E-state index in [1.54, 1.807) is 25.1 Å². The van der Waals surface area contributed by atoms with Crippen molar-refractivity contribution in [2.45, 2.75) is 39.5 Å². The molecule has 1 saturated carbocycles. The van der Waals surface area contributed by atoms with Crippen LogP contribution in [0.4, 0.5) is 15.8 Å². The van der Waals surface area contributed by atoms with E-state index in [4.69, 9.17) is 4.74 Å². The van der Waals surface area contributed by atoms with Gasteiger partial charge in [0.25, 0.3) is 0 Å². The fourth-order valence-electron chi connectivity index (χ4n) is 5.50. The van der Waals surface area contributed by atoms with Crippen LogP contribution >= 0.6 is 0 Å². The number of carbonyl (C=O) groups is 4. The maximum atomic E-state index is 13.2. The Hall–Kier alpha value is -3.55. The highest BCUT2D eigenvalue weighted by molar-refractivity contribution is 6.22. The molecule has 2 aromatic rings. The molecule has 3 amide bonds. The highest BCUT2D eigenvalue weighted by Gasteiger charge is 2.50. The van der Waals surface area contributed by atoms with Crippen LogP contribution in [0.3, 0.4) is 0 Å². The Morgan fingerprint density at radius 3 is 2.43 bits per heavy atom. The Morgan fingerprint density at radius 1 is 1.00 bits per heavy atom. The summed E-state index contributed by atoms with van der Waals surface area (Å²) in [6.45, 7) is 4.04. The van der Waals surface area contributed by atoms with Gasteiger partial charge in [-0.25, -0.2) is 9.29 Å². The van der Waals surface area contributed by atoms with Crippen LogP contribution in [-0.2, 0) is 19.2 Å². The second-order valence-electron chi connectivity index (χ2n) is 9.89. The van der Waals surface area contributed by atoms with Crippen molar-refractivity contribution in [2.75, 3.05) is 16.3 Å². The van der Waals surface area contributed by atoms with Gasteiger partial charge in [0, 0.05) is 18.7 Å². The molecule has 2 saturated heterocycles. The summed E-state index contributed by atoms with van der Waals surface area (Å²) in [5, 5.41) is 0. The summed E-state index contributed by atoms with van der Waals surface area (Å²) in [4.78, 5) is 54.0. The quantitative estimate of drug-likeness (QED) is 0.377. The molecule has 3 fully saturated rings. The molecule has 0 N–H and O–H groups in total. The van der Waals surface area contributed by atoms with Gasteiger partial charge in [0.05, 0.1) is 23.4 Å². The number of hydrogen-bond donors (Lipinski definition) is 0. The number of anilines is 2. The van der Waals surface area contributed by atoms with E-state index in [9.17, 15) is 23.6 Å². The van der Waals surface area contributed by atoms with Crippen molar-refractivity contribution >= 4 is 35.1 Å². The Balaban J connectivity index is 1.27. The van der Waals surface area contributed by atoms with Gasteiger partial charge >= 0.3 is 5.97 Å².